The summed E-state index contributed by atoms with van der Waals surface area (Å²) >= 11 is 0. The average molecular weight is 142 g/mol. The van der Waals surface area contributed by atoms with Crippen LogP contribution >= 0.6 is 0 Å². The van der Waals surface area contributed by atoms with Crippen LogP contribution in [0.2, 0.25) is 0 Å². The molecule has 1 amide bonds. The molecule has 1 saturated heterocycles. The fraction of sp³-hybridized carbons (Fsp3) is 0.667. The zero-order chi connectivity index (χ0) is 7.56. The molecule has 0 bridgehead atoms. The van der Waals surface area contributed by atoms with Gasteiger partial charge in [-0.25, -0.2) is 0 Å². The number of amides is 1. The highest BCUT2D eigenvalue weighted by atomic mass is 16.1. The molecule has 56 valence electrons. The van der Waals surface area contributed by atoms with E-state index in [9.17, 15) is 9.59 Å². The smallest absolute Gasteiger partial charge is 0.234 e. The maximum atomic E-state index is 10.6. The Labute approximate surface area is 58.8 Å². The molecule has 0 saturated carbocycles. The topological polar surface area (TPSA) is 72.2 Å². The van der Waals surface area contributed by atoms with E-state index in [0.29, 0.717) is 12.8 Å². The lowest BCUT2D eigenvalue weighted by molar-refractivity contribution is -0.123. The molecule has 1 rings (SSSR count). The van der Waals surface area contributed by atoms with Crippen molar-refractivity contribution in [3.05, 3.63) is 0 Å². The number of carbonyl (C=O) groups is 2. The van der Waals surface area contributed by atoms with Crippen LogP contribution in [-0.2, 0) is 9.59 Å². The van der Waals surface area contributed by atoms with E-state index in [2.05, 4.69) is 5.32 Å². The second kappa shape index (κ2) is 2.79. The predicted octanol–water partition coefficient (Wildman–Crippen LogP) is -1.21. The molecule has 4 heteroatoms. The fourth-order valence-electron chi connectivity index (χ4n) is 0.976. The summed E-state index contributed by atoms with van der Waals surface area (Å²) in [6.45, 7) is 0.285. The first-order valence-electron chi connectivity index (χ1n) is 3.24. The number of nitrogens with two attached hydrogens (primary N) is 1. The summed E-state index contributed by atoms with van der Waals surface area (Å²) in [5, 5.41) is 2.74. The van der Waals surface area contributed by atoms with Gasteiger partial charge < -0.3 is 5.73 Å². The zero-order valence-electron chi connectivity index (χ0n) is 5.59. The van der Waals surface area contributed by atoms with Crippen LogP contribution in [-0.4, -0.2) is 24.3 Å². The van der Waals surface area contributed by atoms with Crippen LogP contribution < -0.4 is 11.1 Å². The standard InChI is InChI=1S/C6H10N2O2/c7-6(10)5-2-1-4(9)3-8-5/h5,8H,1-3H2,(H2,7,10). The number of nitrogens with one attached hydrogen (secondary N) is 1. The van der Waals surface area contributed by atoms with Crippen molar-refractivity contribution in [2.45, 2.75) is 18.9 Å². The van der Waals surface area contributed by atoms with Crippen molar-refractivity contribution in [2.24, 2.45) is 5.73 Å². The van der Waals surface area contributed by atoms with Crippen LogP contribution in [0.4, 0.5) is 0 Å². The summed E-state index contributed by atoms with van der Waals surface area (Å²) in [6, 6.07) is -0.294. The van der Waals surface area contributed by atoms with Gasteiger partial charge in [0, 0.05) is 6.42 Å². The van der Waals surface area contributed by atoms with Gasteiger partial charge in [-0.1, -0.05) is 0 Å². The van der Waals surface area contributed by atoms with Gasteiger partial charge in [0.1, 0.15) is 5.78 Å². The molecule has 0 aromatic rings. The SMILES string of the molecule is NC(=O)C1CCC(=O)CN1. The van der Waals surface area contributed by atoms with Crippen molar-refractivity contribution in [3.63, 3.8) is 0 Å². The summed E-state index contributed by atoms with van der Waals surface area (Å²) < 4.78 is 0. The molecule has 1 atom stereocenters. The van der Waals surface area contributed by atoms with Gasteiger partial charge in [0.15, 0.2) is 0 Å². The van der Waals surface area contributed by atoms with Crippen LogP contribution in [0.15, 0.2) is 0 Å². The summed E-state index contributed by atoms with van der Waals surface area (Å²) in [7, 11) is 0. The molecule has 1 aliphatic rings. The lowest BCUT2D eigenvalue weighted by Gasteiger charge is -2.18. The molecule has 3 N–H and O–H groups in total. The van der Waals surface area contributed by atoms with Crippen molar-refractivity contribution in [1.29, 1.82) is 0 Å². The maximum absolute atomic E-state index is 10.6. The molecule has 10 heavy (non-hydrogen) atoms. The fourth-order valence-corrected chi connectivity index (χ4v) is 0.976. The highest BCUT2D eigenvalue weighted by molar-refractivity contribution is 5.86. The number of carbonyl (C=O) groups excluding carboxylic acids is 2. The molecule has 1 unspecified atom stereocenters. The molecule has 0 aliphatic carbocycles. The third-order valence-corrected chi connectivity index (χ3v) is 1.60. The summed E-state index contributed by atoms with van der Waals surface area (Å²) in [5.41, 5.74) is 5.00. The van der Waals surface area contributed by atoms with Gasteiger partial charge in [-0.3, -0.25) is 14.9 Å². The minimum Gasteiger partial charge on any atom is -0.368 e. The third kappa shape index (κ3) is 1.54. The first kappa shape index (κ1) is 7.21. The first-order valence-corrected chi connectivity index (χ1v) is 3.24. The normalized spacial score (nSPS) is 26.4. The van der Waals surface area contributed by atoms with Gasteiger partial charge >= 0.3 is 0 Å². The average Bonchev–Trinajstić information content (AvgIpc) is 1.88. The quantitative estimate of drug-likeness (QED) is 0.482. The van der Waals surface area contributed by atoms with Crippen LogP contribution in [0.25, 0.3) is 0 Å². The van der Waals surface area contributed by atoms with Crippen molar-refractivity contribution in [3.8, 4) is 0 Å². The van der Waals surface area contributed by atoms with Crippen LogP contribution in [0.5, 0.6) is 0 Å². The van der Waals surface area contributed by atoms with E-state index in [1.54, 1.807) is 0 Å². The highest BCUT2D eigenvalue weighted by Crippen LogP contribution is 2.02. The highest BCUT2D eigenvalue weighted by Gasteiger charge is 2.21. The monoisotopic (exact) mass is 142 g/mol. The largest absolute Gasteiger partial charge is 0.368 e. The second-order valence-corrected chi connectivity index (χ2v) is 2.41. The third-order valence-electron chi connectivity index (χ3n) is 1.60. The van der Waals surface area contributed by atoms with Crippen molar-refractivity contribution in [1.82, 2.24) is 5.32 Å². The van der Waals surface area contributed by atoms with Gasteiger partial charge in [0.25, 0.3) is 0 Å². The lowest BCUT2D eigenvalue weighted by atomic mass is 10.0. The van der Waals surface area contributed by atoms with Crippen LogP contribution in [0.1, 0.15) is 12.8 Å². The van der Waals surface area contributed by atoms with Crippen molar-refractivity contribution >= 4 is 11.7 Å². The van der Waals surface area contributed by atoms with Gasteiger partial charge in [-0.2, -0.15) is 0 Å². The molecule has 0 aromatic heterocycles. The Morgan fingerprint density at radius 2 is 2.40 bits per heavy atom. The van der Waals surface area contributed by atoms with E-state index in [1.165, 1.54) is 0 Å². The van der Waals surface area contributed by atoms with Crippen LogP contribution in [0.3, 0.4) is 0 Å². The van der Waals surface area contributed by atoms with E-state index >= 15 is 0 Å². The summed E-state index contributed by atoms with van der Waals surface area (Å²) in [6.07, 6.45) is 1.02. The number of primary amides is 1. The predicted molar refractivity (Wildman–Crippen MR) is 35.2 cm³/mol. The van der Waals surface area contributed by atoms with Gasteiger partial charge in [-0.15, -0.1) is 0 Å². The Kier molecular flexibility index (Phi) is 2.01. The molecule has 1 aliphatic heterocycles. The number of ketones is 1. The van der Waals surface area contributed by atoms with E-state index in [4.69, 9.17) is 5.73 Å². The minimum atomic E-state index is -0.368. The molecule has 0 radical (unpaired) electrons. The molecule has 1 fully saturated rings. The number of rotatable bonds is 1. The second-order valence-electron chi connectivity index (χ2n) is 2.41. The Morgan fingerprint density at radius 3 is 2.80 bits per heavy atom. The minimum absolute atomic E-state index is 0.150. The Morgan fingerprint density at radius 1 is 1.70 bits per heavy atom. The van der Waals surface area contributed by atoms with Gasteiger partial charge in [0.2, 0.25) is 5.91 Å². The van der Waals surface area contributed by atoms with E-state index in [0.717, 1.165) is 0 Å². The molecular formula is C6H10N2O2. The molecule has 0 aromatic carbocycles. The summed E-state index contributed by atoms with van der Waals surface area (Å²) in [4.78, 5) is 21.1. The van der Waals surface area contributed by atoms with Crippen molar-refractivity contribution < 1.29 is 9.59 Å². The lowest BCUT2D eigenvalue weighted by Crippen LogP contribution is -2.47. The van der Waals surface area contributed by atoms with Crippen molar-refractivity contribution in [2.75, 3.05) is 6.54 Å². The number of hydrogen-bond donors (Lipinski definition) is 2. The Bertz CT molecular complexity index is 157. The maximum Gasteiger partial charge on any atom is 0.234 e. The van der Waals surface area contributed by atoms with Gasteiger partial charge in [0.05, 0.1) is 12.6 Å². The number of piperidine rings is 1. The Balaban J connectivity index is 2.40. The number of hydrogen-bond acceptors (Lipinski definition) is 3. The first-order chi connectivity index (χ1) is 4.70. The van der Waals surface area contributed by atoms with E-state index < -0.39 is 0 Å². The molecule has 0 spiro atoms. The molecular weight excluding hydrogens is 132 g/mol. The van der Waals surface area contributed by atoms with Gasteiger partial charge in [-0.05, 0) is 6.42 Å². The summed E-state index contributed by atoms with van der Waals surface area (Å²) in [5.74, 6) is -0.218. The Hall–Kier alpha value is -0.900. The van der Waals surface area contributed by atoms with E-state index in [-0.39, 0.29) is 24.3 Å². The molecule has 4 nitrogen and oxygen atoms in total. The van der Waals surface area contributed by atoms with E-state index in [1.807, 2.05) is 0 Å². The number of Topliss-reactive ketones (excluding diaryl/α,β-unsaturated/α-hetero) is 1. The zero-order valence-corrected chi connectivity index (χ0v) is 5.59. The van der Waals surface area contributed by atoms with Crippen LogP contribution in [0, 0.1) is 0 Å². The molecule has 1 heterocycles.